The summed E-state index contributed by atoms with van der Waals surface area (Å²) in [5.41, 5.74) is 6.73. The SMILES string of the molecule is Cc1cc(/C=N\NC(=O)CN(c2ccc(Br)cc2)S(C)(=O)=O)c(C)n1-c1ccccc1. The van der Waals surface area contributed by atoms with Crippen LogP contribution < -0.4 is 9.73 Å². The minimum atomic E-state index is -3.64. The molecule has 0 fully saturated rings. The molecule has 0 aliphatic carbocycles. The van der Waals surface area contributed by atoms with Gasteiger partial charge in [0.05, 0.1) is 18.2 Å². The van der Waals surface area contributed by atoms with Crippen molar-refractivity contribution in [2.75, 3.05) is 17.1 Å². The van der Waals surface area contributed by atoms with Gasteiger partial charge < -0.3 is 4.57 Å². The predicted molar refractivity (Wildman–Crippen MR) is 127 cm³/mol. The van der Waals surface area contributed by atoms with Gasteiger partial charge in [0.15, 0.2) is 0 Å². The van der Waals surface area contributed by atoms with Gasteiger partial charge in [-0.05, 0) is 56.3 Å². The highest BCUT2D eigenvalue weighted by Gasteiger charge is 2.20. The Balaban J connectivity index is 1.72. The van der Waals surface area contributed by atoms with Crippen LogP contribution >= 0.6 is 15.9 Å². The second kappa shape index (κ2) is 9.49. The Morgan fingerprint density at radius 3 is 2.39 bits per heavy atom. The fourth-order valence-electron chi connectivity index (χ4n) is 3.24. The number of hydrogen-bond acceptors (Lipinski definition) is 4. The van der Waals surface area contributed by atoms with Gasteiger partial charge in [0.25, 0.3) is 5.91 Å². The number of halogens is 1. The van der Waals surface area contributed by atoms with Crippen LogP contribution in [0.3, 0.4) is 0 Å². The zero-order valence-corrected chi connectivity index (χ0v) is 19.8. The Hall–Kier alpha value is -2.91. The zero-order chi connectivity index (χ0) is 22.6. The molecule has 0 bridgehead atoms. The Morgan fingerprint density at radius 2 is 1.77 bits per heavy atom. The number of para-hydroxylation sites is 1. The Kier molecular flexibility index (Phi) is 6.97. The lowest BCUT2D eigenvalue weighted by atomic mass is 10.2. The minimum absolute atomic E-state index is 0.374. The third kappa shape index (κ3) is 5.62. The number of hydrazone groups is 1. The second-order valence-corrected chi connectivity index (χ2v) is 9.86. The number of amides is 1. The number of nitrogens with zero attached hydrogens (tertiary/aromatic N) is 3. The maximum atomic E-state index is 12.4. The lowest BCUT2D eigenvalue weighted by molar-refractivity contribution is -0.119. The number of rotatable bonds is 7. The van der Waals surface area contributed by atoms with Crippen LogP contribution in [0.4, 0.5) is 5.69 Å². The lowest BCUT2D eigenvalue weighted by Crippen LogP contribution is -2.39. The summed E-state index contributed by atoms with van der Waals surface area (Å²) in [5, 5.41) is 4.03. The van der Waals surface area contributed by atoms with Crippen molar-refractivity contribution in [3.63, 3.8) is 0 Å². The van der Waals surface area contributed by atoms with E-state index in [1.165, 1.54) is 0 Å². The van der Waals surface area contributed by atoms with Crippen LogP contribution in [0, 0.1) is 13.8 Å². The first-order valence-electron chi connectivity index (χ1n) is 9.46. The quantitative estimate of drug-likeness (QED) is 0.394. The molecule has 1 heterocycles. The Morgan fingerprint density at radius 1 is 1.13 bits per heavy atom. The number of carbonyl (C=O) groups is 1. The first-order valence-corrected chi connectivity index (χ1v) is 12.1. The van der Waals surface area contributed by atoms with E-state index in [1.54, 1.807) is 30.5 Å². The molecule has 0 spiro atoms. The molecule has 1 aromatic heterocycles. The molecule has 3 aromatic rings. The van der Waals surface area contributed by atoms with Crippen LogP contribution in [0.15, 0.2) is 70.2 Å². The van der Waals surface area contributed by atoms with Crippen LogP contribution in [0.5, 0.6) is 0 Å². The first-order chi connectivity index (χ1) is 14.7. The standard InChI is InChI=1S/C22H23BrN4O3S/c1-16-13-18(17(2)27(16)21-7-5-4-6-8-21)14-24-25-22(28)15-26(31(3,29)30)20-11-9-19(23)10-12-20/h4-14H,15H2,1-3H3,(H,25,28)/b24-14-. The molecular formula is C22H23BrN4O3S. The highest BCUT2D eigenvalue weighted by molar-refractivity contribution is 9.10. The van der Waals surface area contributed by atoms with Crippen molar-refractivity contribution in [1.29, 1.82) is 0 Å². The van der Waals surface area contributed by atoms with Crippen molar-refractivity contribution in [2.45, 2.75) is 13.8 Å². The number of aromatic nitrogens is 1. The fourth-order valence-corrected chi connectivity index (χ4v) is 4.36. The lowest BCUT2D eigenvalue weighted by Gasteiger charge is -2.21. The van der Waals surface area contributed by atoms with E-state index in [0.29, 0.717) is 5.69 Å². The van der Waals surface area contributed by atoms with Crippen LogP contribution in [-0.2, 0) is 14.8 Å². The summed E-state index contributed by atoms with van der Waals surface area (Å²) in [6.07, 6.45) is 2.62. The molecule has 1 N–H and O–H groups in total. The van der Waals surface area contributed by atoms with Gasteiger partial charge >= 0.3 is 0 Å². The minimum Gasteiger partial charge on any atom is -0.318 e. The molecule has 0 atom stereocenters. The maximum Gasteiger partial charge on any atom is 0.260 e. The van der Waals surface area contributed by atoms with E-state index in [2.05, 4.69) is 31.0 Å². The molecule has 0 saturated carbocycles. The van der Waals surface area contributed by atoms with E-state index in [-0.39, 0.29) is 6.54 Å². The van der Waals surface area contributed by atoms with Gasteiger partial charge in [-0.1, -0.05) is 34.1 Å². The van der Waals surface area contributed by atoms with E-state index in [1.807, 2.05) is 50.2 Å². The van der Waals surface area contributed by atoms with E-state index in [0.717, 1.165) is 37.7 Å². The molecule has 0 unspecified atom stereocenters. The Bertz CT molecular complexity index is 1200. The van der Waals surface area contributed by atoms with Gasteiger partial charge in [0.2, 0.25) is 10.0 Å². The van der Waals surface area contributed by atoms with Gasteiger partial charge in [0.1, 0.15) is 6.54 Å². The summed E-state index contributed by atoms with van der Waals surface area (Å²) in [4.78, 5) is 12.4. The molecule has 1 amide bonds. The topological polar surface area (TPSA) is 83.8 Å². The summed E-state index contributed by atoms with van der Waals surface area (Å²) < 4.78 is 28.3. The average Bonchev–Trinajstić information content (AvgIpc) is 3.00. The number of sulfonamides is 1. The van der Waals surface area contributed by atoms with Gasteiger partial charge in [-0.2, -0.15) is 5.10 Å². The van der Waals surface area contributed by atoms with Crippen molar-refractivity contribution in [2.24, 2.45) is 5.10 Å². The molecule has 0 radical (unpaired) electrons. The molecule has 31 heavy (non-hydrogen) atoms. The van der Waals surface area contributed by atoms with Crippen molar-refractivity contribution in [1.82, 2.24) is 9.99 Å². The molecule has 7 nitrogen and oxygen atoms in total. The largest absolute Gasteiger partial charge is 0.318 e. The third-order valence-corrected chi connectivity index (χ3v) is 6.35. The van der Waals surface area contributed by atoms with Crippen LogP contribution in [0.2, 0.25) is 0 Å². The number of benzene rings is 2. The molecular weight excluding hydrogens is 480 g/mol. The zero-order valence-electron chi connectivity index (χ0n) is 17.4. The van der Waals surface area contributed by atoms with Crippen LogP contribution in [0.1, 0.15) is 17.0 Å². The van der Waals surface area contributed by atoms with Crippen LogP contribution in [-0.4, -0.2) is 37.9 Å². The number of aryl methyl sites for hydroxylation is 1. The molecule has 3 rings (SSSR count). The van der Waals surface area contributed by atoms with E-state index >= 15 is 0 Å². The van der Waals surface area contributed by atoms with Crippen molar-refractivity contribution in [3.05, 3.63) is 82.1 Å². The normalized spacial score (nSPS) is 11.6. The summed E-state index contributed by atoms with van der Waals surface area (Å²) in [7, 11) is -3.64. The Labute approximate surface area is 190 Å². The molecule has 0 aliphatic rings. The van der Waals surface area contributed by atoms with Gasteiger partial charge in [-0.25, -0.2) is 13.8 Å². The summed E-state index contributed by atoms with van der Waals surface area (Å²) >= 11 is 3.31. The molecule has 0 aliphatic heterocycles. The molecule has 162 valence electrons. The van der Waals surface area contributed by atoms with Crippen molar-refractivity contribution >= 4 is 43.8 Å². The summed E-state index contributed by atoms with van der Waals surface area (Å²) in [6, 6.07) is 18.6. The third-order valence-electron chi connectivity index (χ3n) is 4.68. The number of nitrogens with one attached hydrogen (secondary N) is 1. The molecule has 2 aromatic carbocycles. The average molecular weight is 503 g/mol. The van der Waals surface area contributed by atoms with Gasteiger partial charge in [0, 0.05) is 27.1 Å². The second-order valence-electron chi connectivity index (χ2n) is 7.04. The summed E-state index contributed by atoms with van der Waals surface area (Å²) in [6.45, 7) is 3.60. The van der Waals surface area contributed by atoms with E-state index < -0.39 is 15.9 Å². The molecule has 0 saturated heterocycles. The highest BCUT2D eigenvalue weighted by Crippen LogP contribution is 2.21. The van der Waals surface area contributed by atoms with E-state index in [9.17, 15) is 13.2 Å². The number of hydrogen-bond donors (Lipinski definition) is 1. The monoisotopic (exact) mass is 502 g/mol. The van der Waals surface area contributed by atoms with Crippen molar-refractivity contribution < 1.29 is 13.2 Å². The fraction of sp³-hybridized carbons (Fsp3) is 0.182. The summed E-state index contributed by atoms with van der Waals surface area (Å²) in [5.74, 6) is -0.540. The first kappa shape index (κ1) is 22.8. The number of anilines is 1. The number of carbonyl (C=O) groups excluding carboxylic acids is 1. The maximum absolute atomic E-state index is 12.4. The smallest absolute Gasteiger partial charge is 0.260 e. The van der Waals surface area contributed by atoms with Gasteiger partial charge in [-0.15, -0.1) is 0 Å². The highest BCUT2D eigenvalue weighted by atomic mass is 79.9. The molecule has 9 heteroatoms. The van der Waals surface area contributed by atoms with E-state index in [4.69, 9.17) is 0 Å². The van der Waals surface area contributed by atoms with Crippen molar-refractivity contribution in [3.8, 4) is 5.69 Å². The van der Waals surface area contributed by atoms with Crippen LogP contribution in [0.25, 0.3) is 5.69 Å². The predicted octanol–water partition coefficient (Wildman–Crippen LogP) is 3.77. The van der Waals surface area contributed by atoms with Gasteiger partial charge in [-0.3, -0.25) is 9.10 Å².